The quantitative estimate of drug-likeness (QED) is 0.415. The van der Waals surface area contributed by atoms with Gasteiger partial charge in [-0.1, -0.05) is 31.5 Å². The third kappa shape index (κ3) is 4.29. The minimum Gasteiger partial charge on any atom is -0.370 e. The number of piperidine rings is 1. The van der Waals surface area contributed by atoms with Crippen molar-refractivity contribution in [2.24, 2.45) is 11.8 Å². The normalized spacial score (nSPS) is 25.0. The van der Waals surface area contributed by atoms with Crippen LogP contribution in [0.4, 0.5) is 11.4 Å². The maximum Gasteiger partial charge on any atom is 0.174 e. The van der Waals surface area contributed by atoms with E-state index in [9.17, 15) is 0 Å². The molecule has 5 rings (SSSR count). The molecule has 0 spiro atoms. The molecule has 1 aromatic carbocycles. The van der Waals surface area contributed by atoms with E-state index in [2.05, 4.69) is 83.1 Å². The zero-order valence-electron chi connectivity index (χ0n) is 20.2. The standard InChI is InChI=1S/C27H32ClN5S/c1-16-11-17(2)15-32(14-16)24-9-8-20(13-22(24)28)33-26(21-12-18(3)30-19(21)4)25(31-27(33)34)23-7-5-6-10-29-23/h5-10,12-13,16-17,25-26,30H,11,14-15H2,1-4H3,(H,31,34)/t16-,17+,25-,26-/m0/s1. The molecule has 2 N–H and O–H groups in total. The van der Waals surface area contributed by atoms with Crippen LogP contribution in [0.25, 0.3) is 0 Å². The van der Waals surface area contributed by atoms with Gasteiger partial charge in [-0.3, -0.25) is 4.98 Å². The highest BCUT2D eigenvalue weighted by Crippen LogP contribution is 2.44. The molecule has 2 saturated heterocycles. The fourth-order valence-corrected chi connectivity index (χ4v) is 6.40. The smallest absolute Gasteiger partial charge is 0.174 e. The summed E-state index contributed by atoms with van der Waals surface area (Å²) < 4.78 is 0. The zero-order chi connectivity index (χ0) is 24.0. The molecule has 0 unspecified atom stereocenters. The van der Waals surface area contributed by atoms with Crippen LogP contribution in [-0.2, 0) is 0 Å². The number of nitrogens with one attached hydrogen (secondary N) is 2. The number of H-pyrrole nitrogens is 1. The number of anilines is 2. The Hall–Kier alpha value is -2.57. The summed E-state index contributed by atoms with van der Waals surface area (Å²) >= 11 is 12.8. The second-order valence-corrected chi connectivity index (χ2v) is 10.8. The first-order chi connectivity index (χ1) is 16.3. The average Bonchev–Trinajstić information content (AvgIpc) is 3.31. The molecule has 34 heavy (non-hydrogen) atoms. The molecule has 3 aromatic rings. The van der Waals surface area contributed by atoms with E-state index in [1.807, 2.05) is 18.3 Å². The van der Waals surface area contributed by atoms with Crippen LogP contribution in [0.1, 0.15) is 55.0 Å². The number of nitrogens with zero attached hydrogens (tertiary/aromatic N) is 3. The number of aryl methyl sites for hydroxylation is 2. The number of aromatic nitrogens is 2. The number of halogens is 1. The first kappa shape index (κ1) is 23.2. The van der Waals surface area contributed by atoms with E-state index in [1.54, 1.807) is 0 Å². The van der Waals surface area contributed by atoms with Crippen LogP contribution in [0.15, 0.2) is 48.7 Å². The van der Waals surface area contributed by atoms with Crippen molar-refractivity contribution in [1.29, 1.82) is 0 Å². The lowest BCUT2D eigenvalue weighted by Crippen LogP contribution is -2.38. The van der Waals surface area contributed by atoms with Crippen LogP contribution < -0.4 is 15.1 Å². The van der Waals surface area contributed by atoms with Gasteiger partial charge in [0.2, 0.25) is 0 Å². The average molecular weight is 494 g/mol. The minimum atomic E-state index is -0.0650. The molecule has 0 radical (unpaired) electrons. The molecule has 2 fully saturated rings. The van der Waals surface area contributed by atoms with Crippen molar-refractivity contribution in [3.05, 3.63) is 76.3 Å². The number of pyridine rings is 1. The topological polar surface area (TPSA) is 47.2 Å². The van der Waals surface area contributed by atoms with Gasteiger partial charge in [-0.2, -0.15) is 0 Å². The van der Waals surface area contributed by atoms with Crippen molar-refractivity contribution < 1.29 is 0 Å². The second kappa shape index (κ2) is 9.23. The Labute approximate surface area is 212 Å². The molecule has 0 saturated carbocycles. The van der Waals surface area contributed by atoms with Crippen LogP contribution in [0.3, 0.4) is 0 Å². The van der Waals surface area contributed by atoms with E-state index < -0.39 is 0 Å². The molecule has 4 atom stereocenters. The van der Waals surface area contributed by atoms with Crippen LogP contribution in [0.2, 0.25) is 5.02 Å². The van der Waals surface area contributed by atoms with E-state index in [-0.39, 0.29) is 12.1 Å². The first-order valence-electron chi connectivity index (χ1n) is 12.0. The van der Waals surface area contributed by atoms with Gasteiger partial charge in [0.1, 0.15) is 0 Å². The van der Waals surface area contributed by atoms with Gasteiger partial charge in [-0.15, -0.1) is 0 Å². The molecule has 4 heterocycles. The Kier molecular flexibility index (Phi) is 6.30. The Bertz CT molecular complexity index is 1180. The van der Waals surface area contributed by atoms with Gasteiger partial charge in [0.15, 0.2) is 5.11 Å². The van der Waals surface area contributed by atoms with Crippen molar-refractivity contribution in [3.8, 4) is 0 Å². The summed E-state index contributed by atoms with van der Waals surface area (Å²) in [6.07, 6.45) is 3.10. The van der Waals surface area contributed by atoms with Gasteiger partial charge in [0.25, 0.3) is 0 Å². The molecule has 7 heteroatoms. The van der Waals surface area contributed by atoms with Crippen molar-refractivity contribution in [1.82, 2.24) is 15.3 Å². The number of thiocarbonyl (C=S) groups is 1. The van der Waals surface area contributed by atoms with Gasteiger partial charge >= 0.3 is 0 Å². The lowest BCUT2D eigenvalue weighted by molar-refractivity contribution is 0.357. The second-order valence-electron chi connectivity index (χ2n) is 10.0. The van der Waals surface area contributed by atoms with Crippen molar-refractivity contribution in [2.45, 2.75) is 46.2 Å². The highest BCUT2D eigenvalue weighted by Gasteiger charge is 2.42. The number of rotatable bonds is 4. The third-order valence-corrected chi connectivity index (χ3v) is 7.64. The monoisotopic (exact) mass is 493 g/mol. The number of benzene rings is 1. The first-order valence-corrected chi connectivity index (χ1v) is 12.8. The highest BCUT2D eigenvalue weighted by atomic mass is 35.5. The van der Waals surface area contributed by atoms with Crippen LogP contribution >= 0.6 is 23.8 Å². The summed E-state index contributed by atoms with van der Waals surface area (Å²) in [6, 6.07) is 14.5. The predicted molar refractivity (Wildman–Crippen MR) is 145 cm³/mol. The van der Waals surface area contributed by atoms with Gasteiger partial charge in [-0.25, -0.2) is 0 Å². The molecule has 0 bridgehead atoms. The molecule has 0 aliphatic carbocycles. The molecule has 178 valence electrons. The lowest BCUT2D eigenvalue weighted by Gasteiger charge is -2.37. The van der Waals surface area contributed by atoms with E-state index in [0.29, 0.717) is 16.9 Å². The maximum absolute atomic E-state index is 6.92. The predicted octanol–water partition coefficient (Wildman–Crippen LogP) is 6.34. The van der Waals surface area contributed by atoms with E-state index in [0.717, 1.165) is 46.6 Å². The van der Waals surface area contributed by atoms with Crippen molar-refractivity contribution in [3.63, 3.8) is 0 Å². The molecule has 2 aromatic heterocycles. The Morgan fingerprint density at radius 2 is 1.82 bits per heavy atom. The highest BCUT2D eigenvalue weighted by molar-refractivity contribution is 7.80. The van der Waals surface area contributed by atoms with Gasteiger partial charge in [0.05, 0.1) is 28.5 Å². The van der Waals surface area contributed by atoms with E-state index in [4.69, 9.17) is 23.8 Å². The fourth-order valence-electron chi connectivity index (χ4n) is 5.76. The molecular formula is C27H32ClN5S. The van der Waals surface area contributed by atoms with Crippen LogP contribution in [0.5, 0.6) is 0 Å². The minimum absolute atomic E-state index is 0.0377. The molecule has 2 aliphatic heterocycles. The molecule has 0 amide bonds. The van der Waals surface area contributed by atoms with Crippen molar-refractivity contribution >= 4 is 40.3 Å². The summed E-state index contributed by atoms with van der Waals surface area (Å²) in [7, 11) is 0. The third-order valence-electron chi connectivity index (χ3n) is 7.03. The SMILES string of the molecule is Cc1cc([C@H]2[C@H](c3ccccn3)NC(=S)N2c2ccc(N3C[C@H](C)C[C@H](C)C3)c(Cl)c2)c(C)[nH]1. The van der Waals surface area contributed by atoms with Crippen LogP contribution in [-0.4, -0.2) is 28.2 Å². The summed E-state index contributed by atoms with van der Waals surface area (Å²) in [4.78, 5) is 12.7. The largest absolute Gasteiger partial charge is 0.370 e. The van der Waals surface area contributed by atoms with E-state index in [1.165, 1.54) is 12.0 Å². The summed E-state index contributed by atoms with van der Waals surface area (Å²) in [5.74, 6) is 1.33. The summed E-state index contributed by atoms with van der Waals surface area (Å²) in [5.41, 5.74) is 6.54. The summed E-state index contributed by atoms with van der Waals surface area (Å²) in [5, 5.41) is 4.99. The molecule has 5 nitrogen and oxygen atoms in total. The zero-order valence-corrected chi connectivity index (χ0v) is 21.7. The van der Waals surface area contributed by atoms with Gasteiger partial charge in [0, 0.05) is 36.4 Å². The number of hydrogen-bond donors (Lipinski definition) is 2. The Morgan fingerprint density at radius 1 is 1.06 bits per heavy atom. The van der Waals surface area contributed by atoms with E-state index >= 15 is 0 Å². The van der Waals surface area contributed by atoms with Gasteiger partial charge < -0.3 is 20.1 Å². The van der Waals surface area contributed by atoms with Crippen molar-refractivity contribution in [2.75, 3.05) is 22.9 Å². The fraction of sp³-hybridized carbons (Fsp3) is 0.407. The molecular weight excluding hydrogens is 462 g/mol. The number of aromatic amines is 1. The van der Waals surface area contributed by atoms with Crippen LogP contribution in [0, 0.1) is 25.7 Å². The maximum atomic E-state index is 6.92. The molecule has 2 aliphatic rings. The number of hydrogen-bond acceptors (Lipinski definition) is 3. The Morgan fingerprint density at radius 3 is 2.44 bits per heavy atom. The van der Waals surface area contributed by atoms with Gasteiger partial charge in [-0.05, 0) is 86.3 Å². The lowest BCUT2D eigenvalue weighted by atomic mass is 9.91. The Balaban J connectivity index is 1.54. The summed E-state index contributed by atoms with van der Waals surface area (Å²) in [6.45, 7) is 10.9.